The molecule has 0 radical (unpaired) electrons. The third kappa shape index (κ3) is 2.84. The molecular weight excluding hydrogens is 260 g/mol. The summed E-state index contributed by atoms with van der Waals surface area (Å²) in [5.74, 6) is 1.31. The summed E-state index contributed by atoms with van der Waals surface area (Å²) < 4.78 is 0. The van der Waals surface area contributed by atoms with E-state index in [1.165, 1.54) is 0 Å². The molecule has 2 unspecified atom stereocenters. The SMILES string of the molecule is CN1CCN(c2ncccc2C#N)C(C2C=CC=CC2)C1. The van der Waals surface area contributed by atoms with E-state index >= 15 is 0 Å². The van der Waals surface area contributed by atoms with Crippen LogP contribution in [0.2, 0.25) is 0 Å². The van der Waals surface area contributed by atoms with E-state index in [-0.39, 0.29) is 0 Å². The maximum Gasteiger partial charge on any atom is 0.146 e. The molecule has 3 rings (SSSR count). The van der Waals surface area contributed by atoms with Crippen LogP contribution in [0.4, 0.5) is 5.82 Å². The second kappa shape index (κ2) is 6.11. The molecule has 2 heterocycles. The third-order valence-corrected chi connectivity index (χ3v) is 4.31. The van der Waals surface area contributed by atoms with Gasteiger partial charge in [-0.1, -0.05) is 24.3 Å². The molecule has 1 fully saturated rings. The molecule has 1 aromatic heterocycles. The lowest BCUT2D eigenvalue weighted by Crippen LogP contribution is -2.55. The maximum absolute atomic E-state index is 9.35. The van der Waals surface area contributed by atoms with Crippen molar-refractivity contribution in [3.05, 3.63) is 48.2 Å². The second-order valence-electron chi connectivity index (χ2n) is 5.72. The van der Waals surface area contributed by atoms with E-state index in [9.17, 15) is 5.26 Å². The first-order chi connectivity index (χ1) is 10.3. The fourth-order valence-corrected chi connectivity index (χ4v) is 3.18. The molecule has 21 heavy (non-hydrogen) atoms. The molecule has 1 aromatic rings. The van der Waals surface area contributed by atoms with E-state index in [2.05, 4.69) is 52.2 Å². The Bertz CT molecular complexity index is 599. The van der Waals surface area contributed by atoms with Crippen LogP contribution >= 0.6 is 0 Å². The Morgan fingerprint density at radius 1 is 1.33 bits per heavy atom. The number of hydrogen-bond donors (Lipinski definition) is 0. The molecule has 1 saturated heterocycles. The highest BCUT2D eigenvalue weighted by Crippen LogP contribution is 2.28. The third-order valence-electron chi connectivity index (χ3n) is 4.31. The Morgan fingerprint density at radius 3 is 3.00 bits per heavy atom. The highest BCUT2D eigenvalue weighted by Gasteiger charge is 2.32. The van der Waals surface area contributed by atoms with E-state index in [0.29, 0.717) is 17.5 Å². The summed E-state index contributed by atoms with van der Waals surface area (Å²) in [5.41, 5.74) is 0.669. The zero-order chi connectivity index (χ0) is 14.7. The van der Waals surface area contributed by atoms with Crippen LogP contribution in [0.3, 0.4) is 0 Å². The van der Waals surface area contributed by atoms with Gasteiger partial charge in [0.05, 0.1) is 5.56 Å². The standard InChI is InChI=1S/C17H20N4/c1-20-10-11-21(17-15(12-18)8-5-9-19-17)16(13-20)14-6-3-2-4-7-14/h2-6,8-9,14,16H,7,10-11,13H2,1H3. The van der Waals surface area contributed by atoms with Crippen LogP contribution in [-0.4, -0.2) is 42.6 Å². The molecule has 0 amide bonds. The summed E-state index contributed by atoms with van der Waals surface area (Å²) in [6.07, 6.45) is 11.6. The molecule has 4 heteroatoms. The predicted octanol–water partition coefficient (Wildman–Crippen LogP) is 2.21. The molecule has 4 nitrogen and oxygen atoms in total. The average molecular weight is 280 g/mol. The lowest BCUT2D eigenvalue weighted by Gasteiger charge is -2.44. The van der Waals surface area contributed by atoms with Gasteiger partial charge < -0.3 is 9.80 Å². The van der Waals surface area contributed by atoms with E-state index < -0.39 is 0 Å². The number of nitriles is 1. The fourth-order valence-electron chi connectivity index (χ4n) is 3.18. The van der Waals surface area contributed by atoms with Gasteiger partial charge in [0.15, 0.2) is 0 Å². The van der Waals surface area contributed by atoms with E-state index in [4.69, 9.17) is 0 Å². The predicted molar refractivity (Wildman–Crippen MR) is 84.0 cm³/mol. The van der Waals surface area contributed by atoms with E-state index in [1.54, 1.807) is 6.20 Å². The molecule has 0 N–H and O–H groups in total. The molecule has 0 bridgehead atoms. The number of nitrogens with zero attached hydrogens (tertiary/aromatic N) is 4. The summed E-state index contributed by atoms with van der Waals surface area (Å²) in [6, 6.07) is 6.33. The lowest BCUT2D eigenvalue weighted by atomic mass is 9.89. The van der Waals surface area contributed by atoms with Gasteiger partial charge in [0.1, 0.15) is 11.9 Å². The van der Waals surface area contributed by atoms with Crippen LogP contribution in [0, 0.1) is 17.2 Å². The van der Waals surface area contributed by atoms with Gasteiger partial charge in [-0.3, -0.25) is 0 Å². The van der Waals surface area contributed by atoms with Crippen LogP contribution in [0.25, 0.3) is 0 Å². The van der Waals surface area contributed by atoms with Gasteiger partial charge >= 0.3 is 0 Å². The zero-order valence-corrected chi connectivity index (χ0v) is 12.3. The first-order valence-corrected chi connectivity index (χ1v) is 7.43. The van der Waals surface area contributed by atoms with Crippen molar-refractivity contribution in [2.24, 2.45) is 5.92 Å². The Kier molecular flexibility index (Phi) is 4.03. The molecule has 0 spiro atoms. The van der Waals surface area contributed by atoms with E-state index in [1.807, 2.05) is 12.1 Å². The minimum atomic E-state index is 0.368. The van der Waals surface area contributed by atoms with Crippen molar-refractivity contribution < 1.29 is 0 Å². The largest absolute Gasteiger partial charge is 0.349 e. The smallest absolute Gasteiger partial charge is 0.146 e. The normalized spacial score (nSPS) is 25.8. The number of piperazine rings is 1. The average Bonchev–Trinajstić information content (AvgIpc) is 2.55. The highest BCUT2D eigenvalue weighted by molar-refractivity contribution is 5.55. The number of likely N-dealkylation sites (N-methyl/N-ethyl adjacent to an activating group) is 1. The van der Waals surface area contributed by atoms with Crippen LogP contribution in [0.15, 0.2) is 42.6 Å². The number of rotatable bonds is 2. The molecule has 1 aliphatic carbocycles. The number of hydrogen-bond acceptors (Lipinski definition) is 4. The van der Waals surface area contributed by atoms with Gasteiger partial charge in [0.2, 0.25) is 0 Å². The van der Waals surface area contributed by atoms with Crippen LogP contribution in [0.5, 0.6) is 0 Å². The van der Waals surface area contributed by atoms with Gasteiger partial charge in [-0.15, -0.1) is 0 Å². The first-order valence-electron chi connectivity index (χ1n) is 7.43. The van der Waals surface area contributed by atoms with Gasteiger partial charge in [-0.05, 0) is 25.6 Å². The lowest BCUT2D eigenvalue weighted by molar-refractivity contribution is 0.239. The van der Waals surface area contributed by atoms with Crippen molar-refractivity contribution in [2.75, 3.05) is 31.6 Å². The number of allylic oxidation sites excluding steroid dienone is 3. The maximum atomic E-state index is 9.35. The Labute approximate surface area is 126 Å². The number of anilines is 1. The molecule has 1 aliphatic heterocycles. The fraction of sp³-hybridized carbons (Fsp3) is 0.412. The summed E-state index contributed by atoms with van der Waals surface area (Å²) in [7, 11) is 2.16. The van der Waals surface area contributed by atoms with Crippen molar-refractivity contribution in [1.82, 2.24) is 9.88 Å². The quantitative estimate of drug-likeness (QED) is 0.833. The zero-order valence-electron chi connectivity index (χ0n) is 12.3. The van der Waals surface area contributed by atoms with Crippen molar-refractivity contribution in [3.8, 4) is 6.07 Å². The number of aromatic nitrogens is 1. The second-order valence-corrected chi connectivity index (χ2v) is 5.72. The summed E-state index contributed by atoms with van der Waals surface area (Å²) in [6.45, 7) is 2.93. The summed E-state index contributed by atoms with van der Waals surface area (Å²) >= 11 is 0. The molecule has 108 valence electrons. The van der Waals surface area contributed by atoms with Gasteiger partial charge in [-0.2, -0.15) is 5.26 Å². The van der Waals surface area contributed by atoms with Crippen molar-refractivity contribution in [3.63, 3.8) is 0 Å². The monoisotopic (exact) mass is 280 g/mol. The van der Waals surface area contributed by atoms with Crippen LogP contribution < -0.4 is 4.90 Å². The molecule has 0 saturated carbocycles. The van der Waals surface area contributed by atoms with Crippen LogP contribution in [-0.2, 0) is 0 Å². The topological polar surface area (TPSA) is 43.2 Å². The van der Waals surface area contributed by atoms with Crippen LogP contribution in [0.1, 0.15) is 12.0 Å². The number of pyridine rings is 1. The highest BCUT2D eigenvalue weighted by atomic mass is 15.3. The van der Waals surface area contributed by atoms with Crippen molar-refractivity contribution in [1.29, 1.82) is 5.26 Å². The molecule has 2 atom stereocenters. The van der Waals surface area contributed by atoms with Gasteiger partial charge in [-0.25, -0.2) is 4.98 Å². The Hall–Kier alpha value is -2.12. The molecular formula is C17H20N4. The summed E-state index contributed by atoms with van der Waals surface area (Å²) in [4.78, 5) is 9.18. The van der Waals surface area contributed by atoms with E-state index in [0.717, 1.165) is 31.9 Å². The van der Waals surface area contributed by atoms with Gasteiger partial charge in [0.25, 0.3) is 0 Å². The van der Waals surface area contributed by atoms with Crippen molar-refractivity contribution in [2.45, 2.75) is 12.5 Å². The van der Waals surface area contributed by atoms with Crippen molar-refractivity contribution >= 4 is 5.82 Å². The Balaban J connectivity index is 1.92. The minimum absolute atomic E-state index is 0.368. The Morgan fingerprint density at radius 2 is 2.24 bits per heavy atom. The molecule has 2 aliphatic rings. The first kappa shape index (κ1) is 13.8. The molecule has 0 aromatic carbocycles. The minimum Gasteiger partial charge on any atom is -0.349 e. The van der Waals surface area contributed by atoms with Gasteiger partial charge in [0, 0.05) is 37.8 Å². The summed E-state index contributed by atoms with van der Waals surface area (Å²) in [5, 5.41) is 9.35.